The van der Waals surface area contributed by atoms with Crippen LogP contribution in [0.2, 0.25) is 0 Å². The van der Waals surface area contributed by atoms with Crippen LogP contribution in [0.15, 0.2) is 16.7 Å². The molecule has 1 heterocycles. The maximum Gasteiger partial charge on any atom is 0.257 e. The molecule has 0 aromatic carbocycles. The molecular formula is C16H26N2O3. The predicted molar refractivity (Wildman–Crippen MR) is 82.2 cm³/mol. The van der Waals surface area contributed by atoms with Crippen LogP contribution in [0.1, 0.15) is 49.7 Å². The summed E-state index contributed by atoms with van der Waals surface area (Å²) in [5.74, 6) is 0.657. The number of aryl methyl sites for hydroxylation is 1. The van der Waals surface area contributed by atoms with Crippen molar-refractivity contribution in [2.24, 2.45) is 0 Å². The van der Waals surface area contributed by atoms with Gasteiger partial charge in [0.15, 0.2) is 0 Å². The van der Waals surface area contributed by atoms with E-state index in [1.54, 1.807) is 22.8 Å². The summed E-state index contributed by atoms with van der Waals surface area (Å²) in [7, 11) is 0. The quantitative estimate of drug-likeness (QED) is 0.740. The maximum atomic E-state index is 12.5. The van der Waals surface area contributed by atoms with Crippen LogP contribution in [0.5, 0.6) is 0 Å². The van der Waals surface area contributed by atoms with Crippen molar-refractivity contribution in [1.82, 2.24) is 9.80 Å². The highest BCUT2D eigenvalue weighted by atomic mass is 16.3. The molecule has 0 saturated carbocycles. The fraction of sp³-hybridized carbons (Fsp3) is 0.625. The van der Waals surface area contributed by atoms with Gasteiger partial charge in [-0.1, -0.05) is 6.92 Å². The number of furan rings is 1. The zero-order valence-corrected chi connectivity index (χ0v) is 13.5. The van der Waals surface area contributed by atoms with Crippen molar-refractivity contribution in [3.8, 4) is 0 Å². The van der Waals surface area contributed by atoms with Crippen LogP contribution in [0.4, 0.5) is 0 Å². The molecule has 0 fully saturated rings. The van der Waals surface area contributed by atoms with Gasteiger partial charge in [-0.3, -0.25) is 9.59 Å². The summed E-state index contributed by atoms with van der Waals surface area (Å²) in [6.07, 6.45) is 2.75. The summed E-state index contributed by atoms with van der Waals surface area (Å²) < 4.78 is 5.19. The molecule has 5 heteroatoms. The smallest absolute Gasteiger partial charge is 0.257 e. The Morgan fingerprint density at radius 1 is 1.10 bits per heavy atom. The van der Waals surface area contributed by atoms with E-state index in [2.05, 4.69) is 0 Å². The lowest BCUT2D eigenvalue weighted by Gasteiger charge is -2.24. The van der Waals surface area contributed by atoms with Crippen molar-refractivity contribution in [3.63, 3.8) is 0 Å². The van der Waals surface area contributed by atoms with Crippen LogP contribution in [0.25, 0.3) is 0 Å². The van der Waals surface area contributed by atoms with E-state index in [0.29, 0.717) is 43.9 Å². The van der Waals surface area contributed by atoms with E-state index in [1.165, 1.54) is 6.26 Å². The van der Waals surface area contributed by atoms with Gasteiger partial charge in [-0.05, 0) is 33.3 Å². The number of amides is 2. The molecule has 118 valence electrons. The monoisotopic (exact) mass is 294 g/mol. The predicted octanol–water partition coefficient (Wildman–Crippen LogP) is 2.70. The highest BCUT2D eigenvalue weighted by Gasteiger charge is 2.20. The highest BCUT2D eigenvalue weighted by Crippen LogP contribution is 2.13. The van der Waals surface area contributed by atoms with Gasteiger partial charge in [-0.15, -0.1) is 0 Å². The van der Waals surface area contributed by atoms with Crippen molar-refractivity contribution < 1.29 is 14.0 Å². The summed E-state index contributed by atoms with van der Waals surface area (Å²) in [4.78, 5) is 28.1. The van der Waals surface area contributed by atoms with Crippen LogP contribution in [0.3, 0.4) is 0 Å². The summed E-state index contributed by atoms with van der Waals surface area (Å²) in [6.45, 7) is 10.2. The van der Waals surface area contributed by atoms with E-state index in [0.717, 1.165) is 6.42 Å². The van der Waals surface area contributed by atoms with Gasteiger partial charge in [0.25, 0.3) is 5.91 Å². The fourth-order valence-corrected chi connectivity index (χ4v) is 2.33. The van der Waals surface area contributed by atoms with E-state index < -0.39 is 0 Å². The first-order valence-electron chi connectivity index (χ1n) is 7.66. The van der Waals surface area contributed by atoms with Gasteiger partial charge in [0.1, 0.15) is 5.76 Å². The molecule has 2 amide bonds. The minimum atomic E-state index is -0.0598. The number of rotatable bonds is 8. The Kier molecular flexibility index (Phi) is 6.99. The number of hydrogen-bond acceptors (Lipinski definition) is 3. The summed E-state index contributed by atoms with van der Waals surface area (Å²) >= 11 is 0. The molecule has 1 aromatic heterocycles. The molecule has 0 saturated heterocycles. The van der Waals surface area contributed by atoms with Gasteiger partial charge >= 0.3 is 0 Å². The molecule has 21 heavy (non-hydrogen) atoms. The number of carbonyl (C=O) groups excluding carboxylic acids is 2. The van der Waals surface area contributed by atoms with Crippen molar-refractivity contribution in [3.05, 3.63) is 23.7 Å². The second-order valence-corrected chi connectivity index (χ2v) is 5.00. The van der Waals surface area contributed by atoms with Gasteiger partial charge in [-0.25, -0.2) is 0 Å². The van der Waals surface area contributed by atoms with Crippen molar-refractivity contribution in [2.45, 2.75) is 40.5 Å². The van der Waals surface area contributed by atoms with Crippen LogP contribution in [-0.2, 0) is 4.79 Å². The van der Waals surface area contributed by atoms with Gasteiger partial charge in [0.05, 0.1) is 11.8 Å². The Morgan fingerprint density at radius 3 is 2.24 bits per heavy atom. The van der Waals surface area contributed by atoms with Crippen LogP contribution in [-0.4, -0.2) is 47.8 Å². The molecule has 0 N–H and O–H groups in total. The molecule has 5 nitrogen and oxygen atoms in total. The second kappa shape index (κ2) is 8.49. The molecule has 0 aliphatic rings. The van der Waals surface area contributed by atoms with E-state index in [-0.39, 0.29) is 11.8 Å². The lowest BCUT2D eigenvalue weighted by Crippen LogP contribution is -2.37. The van der Waals surface area contributed by atoms with E-state index >= 15 is 0 Å². The summed E-state index contributed by atoms with van der Waals surface area (Å²) in [6, 6.07) is 1.69. The number of carbonyl (C=O) groups is 2. The zero-order valence-electron chi connectivity index (χ0n) is 13.5. The molecule has 0 aliphatic heterocycles. The lowest BCUT2D eigenvalue weighted by molar-refractivity contribution is -0.131. The Morgan fingerprint density at radius 2 is 1.76 bits per heavy atom. The normalized spacial score (nSPS) is 10.5. The molecular weight excluding hydrogens is 268 g/mol. The standard InChI is InChI=1S/C16H26N2O3/c1-5-10-18(11-8-15(19)17(6-2)7-3)16(20)14-9-12-21-13(14)4/h9,12H,5-8,10-11H2,1-4H3. The number of hydrogen-bond donors (Lipinski definition) is 0. The van der Waals surface area contributed by atoms with E-state index in [9.17, 15) is 9.59 Å². The third kappa shape index (κ3) is 4.62. The summed E-state index contributed by atoms with van der Waals surface area (Å²) in [5, 5.41) is 0. The first-order valence-corrected chi connectivity index (χ1v) is 7.66. The average molecular weight is 294 g/mol. The Hall–Kier alpha value is -1.78. The van der Waals surface area contributed by atoms with Crippen molar-refractivity contribution in [1.29, 1.82) is 0 Å². The van der Waals surface area contributed by atoms with Gasteiger partial charge in [0, 0.05) is 32.6 Å². The largest absolute Gasteiger partial charge is 0.469 e. The van der Waals surface area contributed by atoms with Gasteiger partial charge < -0.3 is 14.2 Å². The third-order valence-electron chi connectivity index (χ3n) is 3.58. The van der Waals surface area contributed by atoms with Gasteiger partial charge in [0.2, 0.25) is 5.91 Å². The third-order valence-corrected chi connectivity index (χ3v) is 3.58. The Bertz CT molecular complexity index is 464. The first kappa shape index (κ1) is 17.3. The molecule has 0 bridgehead atoms. The minimum absolute atomic E-state index is 0.0598. The van der Waals surface area contributed by atoms with E-state index in [1.807, 2.05) is 20.8 Å². The SMILES string of the molecule is CCCN(CCC(=O)N(CC)CC)C(=O)c1ccoc1C. The first-order chi connectivity index (χ1) is 10.0. The maximum absolute atomic E-state index is 12.5. The second-order valence-electron chi connectivity index (χ2n) is 5.00. The zero-order chi connectivity index (χ0) is 15.8. The minimum Gasteiger partial charge on any atom is -0.469 e. The van der Waals surface area contributed by atoms with Crippen molar-refractivity contribution >= 4 is 11.8 Å². The average Bonchev–Trinajstić information content (AvgIpc) is 2.90. The molecule has 0 atom stereocenters. The molecule has 1 rings (SSSR count). The lowest BCUT2D eigenvalue weighted by atomic mass is 10.2. The van der Waals surface area contributed by atoms with Crippen LogP contribution < -0.4 is 0 Å². The topological polar surface area (TPSA) is 53.8 Å². The van der Waals surface area contributed by atoms with Gasteiger partial charge in [-0.2, -0.15) is 0 Å². The molecule has 0 aliphatic carbocycles. The van der Waals surface area contributed by atoms with Crippen molar-refractivity contribution in [2.75, 3.05) is 26.2 Å². The highest BCUT2D eigenvalue weighted by molar-refractivity contribution is 5.95. The number of nitrogens with zero attached hydrogens (tertiary/aromatic N) is 2. The Labute approximate surface area is 126 Å². The molecule has 0 radical (unpaired) electrons. The van der Waals surface area contributed by atoms with Crippen LogP contribution >= 0.6 is 0 Å². The molecule has 0 unspecified atom stereocenters. The summed E-state index contributed by atoms with van der Waals surface area (Å²) in [5.41, 5.74) is 0.582. The molecule has 0 spiro atoms. The fourth-order valence-electron chi connectivity index (χ4n) is 2.33. The van der Waals surface area contributed by atoms with Crippen LogP contribution in [0, 0.1) is 6.92 Å². The van der Waals surface area contributed by atoms with E-state index in [4.69, 9.17) is 4.42 Å². The Balaban J connectivity index is 2.68. The molecule has 1 aromatic rings.